The van der Waals surface area contributed by atoms with Gasteiger partial charge in [-0.2, -0.15) is 5.10 Å². The molecule has 2 heterocycles. The number of carbonyl (C=O) groups is 1. The molecule has 2 aromatic rings. The largest absolute Gasteiger partial charge is 0.342 e. The maximum Gasteiger partial charge on any atom is 0.272 e. The number of nitrogens with zero attached hydrogens (tertiary/aromatic N) is 1. The van der Waals surface area contributed by atoms with Gasteiger partial charge >= 0.3 is 0 Å². The van der Waals surface area contributed by atoms with E-state index in [0.29, 0.717) is 17.8 Å². The van der Waals surface area contributed by atoms with Gasteiger partial charge in [0.1, 0.15) is 0 Å². The summed E-state index contributed by atoms with van der Waals surface area (Å²) in [5, 5.41) is 13.0. The number of benzene rings is 1. The fourth-order valence-corrected chi connectivity index (χ4v) is 2.71. The molecule has 1 aromatic carbocycles. The second-order valence-electron chi connectivity index (χ2n) is 6.16. The van der Waals surface area contributed by atoms with Gasteiger partial charge < -0.3 is 10.6 Å². The van der Waals surface area contributed by atoms with Crippen LogP contribution in [0.15, 0.2) is 18.2 Å². The molecule has 5 nitrogen and oxygen atoms in total. The predicted octanol–water partition coefficient (Wildman–Crippen LogP) is 2.42. The number of H-pyrrole nitrogens is 1. The Kier molecular flexibility index (Phi) is 5.25. The molecular formula is C16H19ClF2N4O. The van der Waals surface area contributed by atoms with Crippen molar-refractivity contribution in [1.82, 2.24) is 20.8 Å². The Bertz CT molecular complexity index is 761. The number of aromatic nitrogens is 2. The molecule has 1 aliphatic heterocycles. The third-order valence-corrected chi connectivity index (χ3v) is 4.09. The minimum absolute atomic E-state index is 0. The van der Waals surface area contributed by atoms with Gasteiger partial charge in [0.15, 0.2) is 17.3 Å². The van der Waals surface area contributed by atoms with E-state index in [1.165, 1.54) is 6.07 Å². The highest BCUT2D eigenvalue weighted by atomic mass is 35.5. The average Bonchev–Trinajstić information content (AvgIpc) is 2.93. The van der Waals surface area contributed by atoms with Crippen molar-refractivity contribution in [1.29, 1.82) is 0 Å². The topological polar surface area (TPSA) is 69.8 Å². The Balaban J connectivity index is 0.00000208. The number of amides is 1. The van der Waals surface area contributed by atoms with Crippen LogP contribution in [0.25, 0.3) is 0 Å². The third-order valence-electron chi connectivity index (χ3n) is 4.09. The van der Waals surface area contributed by atoms with Gasteiger partial charge in [-0.05, 0) is 31.5 Å². The number of hydrogen-bond acceptors (Lipinski definition) is 3. The molecule has 0 atom stereocenters. The molecule has 1 amide bonds. The Morgan fingerprint density at radius 3 is 2.75 bits per heavy atom. The van der Waals surface area contributed by atoms with Crippen LogP contribution in [0.1, 0.15) is 41.2 Å². The van der Waals surface area contributed by atoms with Gasteiger partial charge in [0.25, 0.3) is 5.91 Å². The van der Waals surface area contributed by atoms with Crippen molar-refractivity contribution < 1.29 is 13.6 Å². The van der Waals surface area contributed by atoms with Crippen LogP contribution in [0.4, 0.5) is 8.78 Å². The van der Waals surface area contributed by atoms with Crippen LogP contribution in [0.2, 0.25) is 0 Å². The standard InChI is InChI=1S/C16H18F2N4O.ClH/c1-16(2,9-3-4-11(17)12(18)7-9)20-15(23)14-10-8-19-6-5-13(10)21-22-14;/h3-4,7,19H,5-6,8H2,1-2H3,(H,20,23)(H,21,22);1H. The highest BCUT2D eigenvalue weighted by molar-refractivity contribution is 5.94. The molecule has 0 saturated carbocycles. The molecule has 0 bridgehead atoms. The normalized spacial score (nSPS) is 13.8. The summed E-state index contributed by atoms with van der Waals surface area (Å²) in [5.41, 5.74) is 1.77. The molecule has 0 aliphatic carbocycles. The molecule has 8 heteroatoms. The lowest BCUT2D eigenvalue weighted by atomic mass is 9.93. The highest BCUT2D eigenvalue weighted by Gasteiger charge is 2.28. The van der Waals surface area contributed by atoms with Gasteiger partial charge in [0.05, 0.1) is 5.54 Å². The summed E-state index contributed by atoms with van der Waals surface area (Å²) in [6.45, 7) is 4.89. The van der Waals surface area contributed by atoms with E-state index in [2.05, 4.69) is 20.8 Å². The summed E-state index contributed by atoms with van der Waals surface area (Å²) in [6.07, 6.45) is 0.794. The van der Waals surface area contributed by atoms with Crippen LogP contribution in [0.3, 0.4) is 0 Å². The average molecular weight is 357 g/mol. The van der Waals surface area contributed by atoms with E-state index in [4.69, 9.17) is 0 Å². The second kappa shape index (κ2) is 6.86. The van der Waals surface area contributed by atoms with Crippen molar-refractivity contribution >= 4 is 18.3 Å². The maximum atomic E-state index is 13.4. The van der Waals surface area contributed by atoms with E-state index >= 15 is 0 Å². The fraction of sp³-hybridized carbons (Fsp3) is 0.375. The van der Waals surface area contributed by atoms with Crippen molar-refractivity contribution in [2.24, 2.45) is 0 Å². The monoisotopic (exact) mass is 356 g/mol. The van der Waals surface area contributed by atoms with Crippen LogP contribution < -0.4 is 10.6 Å². The summed E-state index contributed by atoms with van der Waals surface area (Å²) in [6, 6.07) is 3.61. The third kappa shape index (κ3) is 3.42. The highest BCUT2D eigenvalue weighted by Crippen LogP contribution is 2.23. The first-order valence-electron chi connectivity index (χ1n) is 7.43. The number of carbonyl (C=O) groups excluding carboxylic acids is 1. The molecule has 0 spiro atoms. The predicted molar refractivity (Wildman–Crippen MR) is 88.1 cm³/mol. The van der Waals surface area contributed by atoms with Crippen LogP contribution in [-0.4, -0.2) is 22.6 Å². The molecule has 24 heavy (non-hydrogen) atoms. The molecule has 0 saturated heterocycles. The molecular weight excluding hydrogens is 338 g/mol. The van der Waals surface area contributed by atoms with Crippen molar-refractivity contribution in [3.8, 4) is 0 Å². The number of nitrogens with one attached hydrogen (secondary N) is 3. The first kappa shape index (κ1) is 18.4. The summed E-state index contributed by atoms with van der Waals surface area (Å²) in [4.78, 5) is 12.5. The van der Waals surface area contributed by atoms with Crippen molar-refractivity contribution in [2.75, 3.05) is 6.54 Å². The lowest BCUT2D eigenvalue weighted by molar-refractivity contribution is 0.0905. The van der Waals surface area contributed by atoms with E-state index in [-0.39, 0.29) is 18.3 Å². The first-order chi connectivity index (χ1) is 10.9. The summed E-state index contributed by atoms with van der Waals surface area (Å²) in [7, 11) is 0. The first-order valence-corrected chi connectivity index (χ1v) is 7.43. The molecule has 1 aliphatic rings. The van der Waals surface area contributed by atoms with E-state index in [9.17, 15) is 13.6 Å². The number of halogens is 3. The smallest absolute Gasteiger partial charge is 0.272 e. The van der Waals surface area contributed by atoms with Gasteiger partial charge in [-0.3, -0.25) is 9.89 Å². The van der Waals surface area contributed by atoms with Crippen molar-refractivity contribution in [3.63, 3.8) is 0 Å². The van der Waals surface area contributed by atoms with Gasteiger partial charge in [-0.25, -0.2) is 8.78 Å². The van der Waals surface area contributed by atoms with Gasteiger partial charge in [0.2, 0.25) is 0 Å². The van der Waals surface area contributed by atoms with E-state index in [1.54, 1.807) is 13.8 Å². The number of rotatable bonds is 3. The number of hydrogen-bond donors (Lipinski definition) is 3. The van der Waals surface area contributed by atoms with Crippen LogP contribution in [0.5, 0.6) is 0 Å². The molecule has 0 unspecified atom stereocenters. The van der Waals surface area contributed by atoms with Crippen LogP contribution in [-0.2, 0) is 18.5 Å². The Labute approximate surface area is 144 Å². The minimum Gasteiger partial charge on any atom is -0.342 e. The Morgan fingerprint density at radius 1 is 1.29 bits per heavy atom. The van der Waals surface area contributed by atoms with E-state index in [1.807, 2.05) is 0 Å². The number of aromatic amines is 1. The second-order valence-corrected chi connectivity index (χ2v) is 6.16. The zero-order valence-electron chi connectivity index (χ0n) is 13.4. The fourth-order valence-electron chi connectivity index (χ4n) is 2.71. The summed E-state index contributed by atoms with van der Waals surface area (Å²) >= 11 is 0. The molecule has 3 N–H and O–H groups in total. The lowest BCUT2D eigenvalue weighted by Gasteiger charge is -2.27. The lowest BCUT2D eigenvalue weighted by Crippen LogP contribution is -2.42. The molecule has 0 fully saturated rings. The zero-order chi connectivity index (χ0) is 16.6. The quantitative estimate of drug-likeness (QED) is 0.791. The van der Waals surface area contributed by atoms with Gasteiger partial charge in [-0.1, -0.05) is 6.07 Å². The van der Waals surface area contributed by atoms with E-state index < -0.39 is 17.2 Å². The SMILES string of the molecule is CC(C)(NC(=O)c1n[nH]c2c1CNCC2)c1ccc(F)c(F)c1.Cl. The molecule has 0 radical (unpaired) electrons. The maximum absolute atomic E-state index is 13.4. The van der Waals surface area contributed by atoms with Crippen molar-refractivity contribution in [3.05, 3.63) is 52.3 Å². The Hall–Kier alpha value is -1.99. The van der Waals surface area contributed by atoms with Crippen molar-refractivity contribution in [2.45, 2.75) is 32.4 Å². The summed E-state index contributed by atoms with van der Waals surface area (Å²) in [5.74, 6) is -2.20. The zero-order valence-corrected chi connectivity index (χ0v) is 14.2. The van der Waals surface area contributed by atoms with Crippen LogP contribution in [0, 0.1) is 11.6 Å². The molecule has 1 aromatic heterocycles. The summed E-state index contributed by atoms with van der Waals surface area (Å²) < 4.78 is 26.5. The molecule has 3 rings (SSSR count). The minimum atomic E-state index is -0.939. The van der Waals surface area contributed by atoms with Gasteiger partial charge in [-0.15, -0.1) is 12.4 Å². The molecule has 130 valence electrons. The van der Waals surface area contributed by atoms with Crippen LogP contribution >= 0.6 is 12.4 Å². The van der Waals surface area contributed by atoms with Gasteiger partial charge in [0, 0.05) is 30.8 Å². The Morgan fingerprint density at radius 2 is 2.04 bits per heavy atom. The van der Waals surface area contributed by atoms with E-state index in [0.717, 1.165) is 36.4 Å². The number of fused-ring (bicyclic) bond motifs is 1.